The molecule has 3 atom stereocenters. The van der Waals surface area contributed by atoms with Gasteiger partial charge >= 0.3 is 5.97 Å². The summed E-state index contributed by atoms with van der Waals surface area (Å²) in [6, 6.07) is 16.4. The second-order valence-electron chi connectivity index (χ2n) is 7.91. The van der Waals surface area contributed by atoms with Gasteiger partial charge in [0.05, 0.1) is 12.1 Å². The van der Waals surface area contributed by atoms with Crippen molar-refractivity contribution in [2.75, 3.05) is 6.54 Å². The monoisotopic (exact) mass is 472 g/mol. The number of aliphatic carboxylic acids is 1. The van der Waals surface area contributed by atoms with Gasteiger partial charge in [-0.2, -0.15) is 0 Å². The Morgan fingerprint density at radius 2 is 1.91 bits per heavy atom. The van der Waals surface area contributed by atoms with E-state index in [1.54, 1.807) is 11.4 Å². The summed E-state index contributed by atoms with van der Waals surface area (Å²) < 4.78 is 14.3. The van der Waals surface area contributed by atoms with E-state index in [0.29, 0.717) is 27.7 Å². The molecule has 3 aromatic rings. The zero-order valence-corrected chi connectivity index (χ0v) is 18.7. The Morgan fingerprint density at radius 3 is 2.62 bits per heavy atom. The summed E-state index contributed by atoms with van der Waals surface area (Å²) in [4.78, 5) is 30.4. The van der Waals surface area contributed by atoms with E-state index in [4.69, 9.17) is 16.6 Å². The number of carbonyl (C=O) groups is 2. The van der Waals surface area contributed by atoms with Crippen LogP contribution in [0.1, 0.15) is 35.8 Å². The first-order valence-corrected chi connectivity index (χ1v) is 11.6. The third kappa shape index (κ3) is 4.27. The molecule has 5 nitrogen and oxygen atoms in total. The molecule has 0 spiro atoms. The average Bonchev–Trinajstić information content (AvgIpc) is 3.27. The van der Waals surface area contributed by atoms with Gasteiger partial charge in [-0.05, 0) is 24.5 Å². The lowest BCUT2D eigenvalue weighted by atomic mass is 9.66. The van der Waals surface area contributed by atoms with Gasteiger partial charge in [0.25, 0.3) is 0 Å². The summed E-state index contributed by atoms with van der Waals surface area (Å²) >= 11 is 7.57. The zero-order valence-electron chi connectivity index (χ0n) is 17.1. The summed E-state index contributed by atoms with van der Waals surface area (Å²) in [5.74, 6) is -2.19. The molecule has 4 rings (SSSR count). The van der Waals surface area contributed by atoms with Crippen LogP contribution >= 0.6 is 22.9 Å². The standard InChI is InChI=1S/C24H22ClFN2O3S/c25-19-9-5-4-8-17(19)20-14-32-23(28-20)24(12-21(29)30)18(15-6-2-1-3-7-15)11-10-16(26)13-27-22(24)31/h1-9,14,16,18H,10-13H2,(H,27,31)(H,29,30)/t16?,18-,24-/m0/s1. The minimum atomic E-state index is -1.47. The third-order valence-electron chi connectivity index (χ3n) is 5.92. The molecule has 2 aromatic carbocycles. The average molecular weight is 473 g/mol. The summed E-state index contributed by atoms with van der Waals surface area (Å²) in [7, 11) is 0. The number of amides is 1. The molecule has 1 aromatic heterocycles. The van der Waals surface area contributed by atoms with Crippen molar-refractivity contribution >= 4 is 34.8 Å². The fourth-order valence-electron chi connectivity index (χ4n) is 4.39. The van der Waals surface area contributed by atoms with E-state index in [1.807, 2.05) is 48.5 Å². The zero-order chi connectivity index (χ0) is 22.7. The van der Waals surface area contributed by atoms with E-state index in [-0.39, 0.29) is 13.0 Å². The predicted molar refractivity (Wildman–Crippen MR) is 123 cm³/mol. The Bertz CT molecular complexity index is 1120. The van der Waals surface area contributed by atoms with Crippen LogP contribution in [0, 0.1) is 0 Å². The van der Waals surface area contributed by atoms with Crippen molar-refractivity contribution in [3.05, 3.63) is 75.6 Å². The van der Waals surface area contributed by atoms with Crippen LogP contribution in [0.25, 0.3) is 11.3 Å². The fourth-order valence-corrected chi connectivity index (χ4v) is 5.69. The number of carboxylic acid groups (broad SMARTS) is 1. The number of carbonyl (C=O) groups excluding carboxylic acids is 1. The SMILES string of the molecule is O=C(O)C[C@@]1(c2nc(-c3ccccc3Cl)cs2)C(=O)NCC(F)CC[C@H]1c1ccccc1. The van der Waals surface area contributed by atoms with Gasteiger partial charge in [0, 0.05) is 28.4 Å². The van der Waals surface area contributed by atoms with Crippen LogP contribution in [-0.4, -0.2) is 34.7 Å². The summed E-state index contributed by atoms with van der Waals surface area (Å²) in [6.07, 6.45) is -1.11. The molecule has 1 aliphatic heterocycles. The molecule has 2 heterocycles. The normalized spacial score (nSPS) is 23.8. The number of carboxylic acids is 1. The van der Waals surface area contributed by atoms with E-state index < -0.39 is 35.8 Å². The van der Waals surface area contributed by atoms with Gasteiger partial charge in [0.1, 0.15) is 16.6 Å². The number of nitrogens with zero attached hydrogens (tertiary/aromatic N) is 1. The summed E-state index contributed by atoms with van der Waals surface area (Å²) in [6.45, 7) is -0.148. The number of hydrogen-bond acceptors (Lipinski definition) is 4. The first kappa shape index (κ1) is 22.4. The number of hydrogen-bond donors (Lipinski definition) is 2. The highest BCUT2D eigenvalue weighted by Crippen LogP contribution is 2.48. The molecule has 1 amide bonds. The topological polar surface area (TPSA) is 79.3 Å². The second-order valence-corrected chi connectivity index (χ2v) is 9.17. The molecule has 1 unspecified atom stereocenters. The molecule has 1 saturated heterocycles. The van der Waals surface area contributed by atoms with Gasteiger partial charge in [-0.15, -0.1) is 11.3 Å². The molecular weight excluding hydrogens is 451 g/mol. The summed E-state index contributed by atoms with van der Waals surface area (Å²) in [5, 5.41) is 15.2. The number of rotatable bonds is 5. The van der Waals surface area contributed by atoms with Crippen molar-refractivity contribution in [3.63, 3.8) is 0 Å². The van der Waals surface area contributed by atoms with Gasteiger partial charge in [0.2, 0.25) is 5.91 Å². The molecule has 32 heavy (non-hydrogen) atoms. The van der Waals surface area contributed by atoms with E-state index >= 15 is 0 Å². The van der Waals surface area contributed by atoms with Gasteiger partial charge in [0.15, 0.2) is 0 Å². The largest absolute Gasteiger partial charge is 0.481 e. The fraction of sp³-hybridized carbons (Fsp3) is 0.292. The van der Waals surface area contributed by atoms with Crippen LogP contribution < -0.4 is 5.32 Å². The first-order valence-electron chi connectivity index (χ1n) is 10.3. The smallest absolute Gasteiger partial charge is 0.304 e. The number of nitrogens with one attached hydrogen (secondary N) is 1. The number of alkyl halides is 1. The lowest BCUT2D eigenvalue weighted by molar-refractivity contribution is -0.143. The highest BCUT2D eigenvalue weighted by molar-refractivity contribution is 7.10. The van der Waals surface area contributed by atoms with E-state index in [9.17, 15) is 19.1 Å². The van der Waals surface area contributed by atoms with Crippen LogP contribution in [0.15, 0.2) is 60.0 Å². The van der Waals surface area contributed by atoms with Crippen molar-refractivity contribution in [3.8, 4) is 11.3 Å². The molecule has 0 bridgehead atoms. The van der Waals surface area contributed by atoms with Crippen LogP contribution in [0.3, 0.4) is 0 Å². The van der Waals surface area contributed by atoms with Gasteiger partial charge in [-0.1, -0.05) is 60.1 Å². The Balaban J connectivity index is 1.90. The van der Waals surface area contributed by atoms with Crippen molar-refractivity contribution in [2.45, 2.75) is 36.8 Å². The van der Waals surface area contributed by atoms with Crippen molar-refractivity contribution in [2.24, 2.45) is 0 Å². The van der Waals surface area contributed by atoms with Crippen molar-refractivity contribution in [1.82, 2.24) is 10.3 Å². The van der Waals surface area contributed by atoms with Crippen molar-refractivity contribution < 1.29 is 19.1 Å². The van der Waals surface area contributed by atoms with E-state index in [0.717, 1.165) is 5.56 Å². The Labute approximate surface area is 194 Å². The Hall–Kier alpha value is -2.77. The molecule has 166 valence electrons. The molecule has 0 saturated carbocycles. The lowest BCUT2D eigenvalue weighted by Gasteiger charge is -2.39. The molecular formula is C24H22ClFN2O3S. The first-order chi connectivity index (χ1) is 15.4. The number of halogens is 2. The minimum absolute atomic E-state index is 0.148. The molecule has 1 aliphatic rings. The Morgan fingerprint density at radius 1 is 1.19 bits per heavy atom. The maximum Gasteiger partial charge on any atom is 0.304 e. The maximum absolute atomic E-state index is 14.3. The summed E-state index contributed by atoms with van der Waals surface area (Å²) in [5.41, 5.74) is 0.587. The molecule has 0 aliphatic carbocycles. The second kappa shape index (κ2) is 9.38. The number of benzene rings is 2. The van der Waals surface area contributed by atoms with Gasteiger partial charge in [-0.25, -0.2) is 9.37 Å². The molecule has 0 radical (unpaired) electrons. The highest BCUT2D eigenvalue weighted by atomic mass is 35.5. The Kier molecular flexibility index (Phi) is 6.58. The van der Waals surface area contributed by atoms with E-state index in [1.165, 1.54) is 11.3 Å². The van der Waals surface area contributed by atoms with Gasteiger partial charge in [-0.3, -0.25) is 9.59 Å². The lowest BCUT2D eigenvalue weighted by Crippen LogP contribution is -2.52. The van der Waals surface area contributed by atoms with Crippen LogP contribution in [0.5, 0.6) is 0 Å². The number of aromatic nitrogens is 1. The van der Waals surface area contributed by atoms with Crippen LogP contribution in [-0.2, 0) is 15.0 Å². The number of thiazole rings is 1. The molecule has 8 heteroatoms. The minimum Gasteiger partial charge on any atom is -0.481 e. The quantitative estimate of drug-likeness (QED) is 0.534. The highest BCUT2D eigenvalue weighted by Gasteiger charge is 2.52. The van der Waals surface area contributed by atoms with E-state index in [2.05, 4.69) is 5.32 Å². The predicted octanol–water partition coefficient (Wildman–Crippen LogP) is 5.21. The van der Waals surface area contributed by atoms with Crippen LogP contribution in [0.4, 0.5) is 4.39 Å². The van der Waals surface area contributed by atoms with Crippen LogP contribution in [0.2, 0.25) is 5.02 Å². The molecule has 2 N–H and O–H groups in total. The van der Waals surface area contributed by atoms with Crippen molar-refractivity contribution in [1.29, 1.82) is 0 Å². The van der Waals surface area contributed by atoms with Gasteiger partial charge < -0.3 is 10.4 Å². The third-order valence-corrected chi connectivity index (χ3v) is 7.27. The maximum atomic E-state index is 14.3. The molecule has 1 fully saturated rings.